The fourth-order valence-corrected chi connectivity index (χ4v) is 2.88. The van der Waals surface area contributed by atoms with Crippen LogP contribution in [0.25, 0.3) is 0 Å². The zero-order chi connectivity index (χ0) is 13.8. The maximum absolute atomic E-state index is 6.06. The Morgan fingerprint density at radius 3 is 2.74 bits per heavy atom. The Morgan fingerprint density at radius 1 is 1.32 bits per heavy atom. The summed E-state index contributed by atoms with van der Waals surface area (Å²) in [5.74, 6) is 1.56. The smallest absolute Gasteiger partial charge is 0.156 e. The summed E-state index contributed by atoms with van der Waals surface area (Å²) in [5, 5.41) is 3.90. The quantitative estimate of drug-likeness (QED) is 0.711. The van der Waals surface area contributed by atoms with Crippen LogP contribution in [0.4, 0.5) is 5.69 Å². The highest BCUT2D eigenvalue weighted by atomic mass is 79.9. The van der Waals surface area contributed by atoms with Crippen LogP contribution in [0.2, 0.25) is 5.02 Å². The molecule has 1 heterocycles. The molecule has 2 rings (SSSR count). The first-order chi connectivity index (χ1) is 9.11. The number of furan rings is 1. The van der Waals surface area contributed by atoms with Gasteiger partial charge >= 0.3 is 0 Å². The van der Waals surface area contributed by atoms with Gasteiger partial charge in [-0.05, 0) is 57.0 Å². The van der Waals surface area contributed by atoms with Crippen molar-refractivity contribution in [2.24, 2.45) is 0 Å². The summed E-state index contributed by atoms with van der Waals surface area (Å²) >= 11 is 12.9. The molecule has 2 aromatic rings. The fraction of sp³-hybridized carbons (Fsp3) is 0.231. The van der Waals surface area contributed by atoms with Crippen molar-refractivity contribution in [2.45, 2.75) is 13.5 Å². The third-order valence-electron chi connectivity index (χ3n) is 2.43. The zero-order valence-corrected chi connectivity index (χ0v) is 14.1. The van der Waals surface area contributed by atoms with Crippen molar-refractivity contribution in [1.82, 2.24) is 0 Å². The normalized spacial score (nSPS) is 10.5. The lowest BCUT2D eigenvalue weighted by Gasteiger charge is -2.14. The number of hydrogen-bond acceptors (Lipinski definition) is 3. The van der Waals surface area contributed by atoms with E-state index in [1.165, 1.54) is 0 Å². The number of rotatable bonds is 5. The van der Waals surface area contributed by atoms with E-state index in [-0.39, 0.29) is 0 Å². The standard InChI is InChI=1S/C13H12Br2ClNO2/c1-2-18-13-10(15)5-8(16)6-11(13)17-7-12-9(14)3-4-19-12/h3-6,17H,2,7H2,1H3. The van der Waals surface area contributed by atoms with Gasteiger partial charge in [0, 0.05) is 5.02 Å². The Morgan fingerprint density at radius 2 is 2.11 bits per heavy atom. The zero-order valence-electron chi connectivity index (χ0n) is 10.2. The number of benzene rings is 1. The third-order valence-corrected chi connectivity index (χ3v) is 3.94. The Hall–Kier alpha value is -0.650. The van der Waals surface area contributed by atoms with Crippen molar-refractivity contribution >= 4 is 49.1 Å². The molecule has 19 heavy (non-hydrogen) atoms. The van der Waals surface area contributed by atoms with Gasteiger partial charge in [-0.3, -0.25) is 0 Å². The van der Waals surface area contributed by atoms with E-state index >= 15 is 0 Å². The molecule has 0 spiro atoms. The molecule has 0 saturated heterocycles. The van der Waals surface area contributed by atoms with Crippen molar-refractivity contribution < 1.29 is 9.15 Å². The van der Waals surface area contributed by atoms with Gasteiger partial charge in [-0.25, -0.2) is 0 Å². The predicted molar refractivity (Wildman–Crippen MR) is 84.1 cm³/mol. The van der Waals surface area contributed by atoms with Crippen molar-refractivity contribution in [3.8, 4) is 5.75 Å². The van der Waals surface area contributed by atoms with Gasteiger partial charge in [0.25, 0.3) is 0 Å². The minimum absolute atomic E-state index is 0.542. The van der Waals surface area contributed by atoms with E-state index in [0.29, 0.717) is 18.2 Å². The van der Waals surface area contributed by atoms with E-state index in [4.69, 9.17) is 20.8 Å². The average Bonchev–Trinajstić information content (AvgIpc) is 2.76. The van der Waals surface area contributed by atoms with Crippen LogP contribution in [0.1, 0.15) is 12.7 Å². The van der Waals surface area contributed by atoms with Crippen LogP contribution in [-0.4, -0.2) is 6.61 Å². The highest BCUT2D eigenvalue weighted by Crippen LogP contribution is 2.37. The van der Waals surface area contributed by atoms with E-state index in [9.17, 15) is 0 Å². The van der Waals surface area contributed by atoms with Crippen LogP contribution in [0.5, 0.6) is 5.75 Å². The number of anilines is 1. The molecular formula is C13H12Br2ClNO2. The van der Waals surface area contributed by atoms with Crippen LogP contribution < -0.4 is 10.1 Å². The molecule has 1 aromatic carbocycles. The first-order valence-electron chi connectivity index (χ1n) is 5.69. The highest BCUT2D eigenvalue weighted by Gasteiger charge is 2.11. The summed E-state index contributed by atoms with van der Waals surface area (Å²) in [6.07, 6.45) is 1.64. The number of ether oxygens (including phenoxy) is 1. The maximum Gasteiger partial charge on any atom is 0.156 e. The SMILES string of the molecule is CCOc1c(Br)cc(Cl)cc1NCc1occc1Br. The molecule has 0 atom stereocenters. The second kappa shape index (κ2) is 6.68. The van der Waals surface area contributed by atoms with Gasteiger partial charge < -0.3 is 14.5 Å². The summed E-state index contributed by atoms with van der Waals surface area (Å²) in [6.45, 7) is 3.06. The molecule has 0 unspecified atom stereocenters. The van der Waals surface area contributed by atoms with Gasteiger partial charge in [-0.15, -0.1) is 0 Å². The topological polar surface area (TPSA) is 34.4 Å². The predicted octanol–water partition coefficient (Wildman–Crippen LogP) is 5.47. The molecule has 6 heteroatoms. The molecule has 0 radical (unpaired) electrons. The first kappa shape index (κ1) is 14.8. The molecule has 1 aromatic heterocycles. The van der Waals surface area contributed by atoms with Crippen LogP contribution in [-0.2, 0) is 6.54 Å². The highest BCUT2D eigenvalue weighted by molar-refractivity contribution is 9.10. The van der Waals surface area contributed by atoms with Crippen molar-refractivity contribution in [3.05, 3.63) is 44.2 Å². The summed E-state index contributed by atoms with van der Waals surface area (Å²) in [7, 11) is 0. The molecule has 0 amide bonds. The molecule has 0 aliphatic heterocycles. The summed E-state index contributed by atoms with van der Waals surface area (Å²) < 4.78 is 12.7. The summed E-state index contributed by atoms with van der Waals surface area (Å²) in [4.78, 5) is 0. The molecule has 0 aliphatic rings. The van der Waals surface area contributed by atoms with Crippen molar-refractivity contribution in [1.29, 1.82) is 0 Å². The lowest BCUT2D eigenvalue weighted by molar-refractivity contribution is 0.339. The van der Waals surface area contributed by atoms with E-state index in [1.54, 1.807) is 12.3 Å². The number of nitrogens with one attached hydrogen (secondary N) is 1. The van der Waals surface area contributed by atoms with Gasteiger partial charge in [0.1, 0.15) is 5.76 Å². The number of halogens is 3. The van der Waals surface area contributed by atoms with E-state index in [2.05, 4.69) is 37.2 Å². The second-order valence-electron chi connectivity index (χ2n) is 3.74. The Balaban J connectivity index is 2.21. The summed E-state index contributed by atoms with van der Waals surface area (Å²) in [6, 6.07) is 5.49. The molecule has 102 valence electrons. The van der Waals surface area contributed by atoms with Crippen molar-refractivity contribution in [2.75, 3.05) is 11.9 Å². The molecule has 0 bridgehead atoms. The number of hydrogen-bond donors (Lipinski definition) is 1. The fourth-order valence-electron chi connectivity index (χ4n) is 1.61. The molecule has 0 fully saturated rings. The maximum atomic E-state index is 6.06. The van der Waals surface area contributed by atoms with Crippen LogP contribution in [0.3, 0.4) is 0 Å². The van der Waals surface area contributed by atoms with Crippen molar-refractivity contribution in [3.63, 3.8) is 0 Å². The van der Waals surface area contributed by atoms with Crippen LogP contribution in [0.15, 0.2) is 37.8 Å². The van der Waals surface area contributed by atoms with Gasteiger partial charge in [-0.1, -0.05) is 11.6 Å². The van der Waals surface area contributed by atoms with E-state index in [0.717, 1.165) is 26.1 Å². The van der Waals surface area contributed by atoms with Crippen LogP contribution >= 0.6 is 43.5 Å². The van der Waals surface area contributed by atoms with E-state index in [1.807, 2.05) is 19.1 Å². The molecular weight excluding hydrogens is 397 g/mol. The lowest BCUT2D eigenvalue weighted by atomic mass is 10.3. The molecule has 0 saturated carbocycles. The minimum atomic E-state index is 0.542. The van der Waals surface area contributed by atoms with Gasteiger partial charge in [0.05, 0.1) is 34.0 Å². The average molecular weight is 410 g/mol. The van der Waals surface area contributed by atoms with E-state index < -0.39 is 0 Å². The molecule has 0 aliphatic carbocycles. The Kier molecular flexibility index (Phi) is 5.19. The first-order valence-corrected chi connectivity index (χ1v) is 7.65. The Labute approximate surface area is 133 Å². The third kappa shape index (κ3) is 3.68. The molecule has 3 nitrogen and oxygen atoms in total. The van der Waals surface area contributed by atoms with Crippen LogP contribution in [0, 0.1) is 0 Å². The minimum Gasteiger partial charge on any atom is -0.491 e. The largest absolute Gasteiger partial charge is 0.491 e. The molecule has 1 N–H and O–H groups in total. The lowest BCUT2D eigenvalue weighted by Crippen LogP contribution is -2.03. The van der Waals surface area contributed by atoms with Gasteiger partial charge in [-0.2, -0.15) is 0 Å². The monoisotopic (exact) mass is 407 g/mol. The second-order valence-corrected chi connectivity index (χ2v) is 5.89. The Bertz CT molecular complexity index is 572. The summed E-state index contributed by atoms with van der Waals surface area (Å²) in [5.41, 5.74) is 0.824. The van der Waals surface area contributed by atoms with Gasteiger partial charge in [0.15, 0.2) is 5.75 Å². The van der Waals surface area contributed by atoms with Gasteiger partial charge in [0.2, 0.25) is 0 Å².